The molecule has 0 aromatic rings. The van der Waals surface area contributed by atoms with Crippen molar-refractivity contribution >= 4 is 5.97 Å². The molecule has 0 heterocycles. The fourth-order valence-corrected chi connectivity index (χ4v) is 0.678. The molecule has 0 fully saturated rings. The van der Waals surface area contributed by atoms with Gasteiger partial charge in [-0.25, -0.2) is 13.6 Å². The Morgan fingerprint density at radius 1 is 1.54 bits per heavy atom. The largest absolute Gasteiger partial charge is 0.467 e. The number of hydrogen-bond acceptors (Lipinski definition) is 4. The van der Waals surface area contributed by atoms with Crippen molar-refractivity contribution in [2.45, 2.75) is 32.2 Å². The van der Waals surface area contributed by atoms with E-state index in [1.165, 1.54) is 0 Å². The van der Waals surface area contributed by atoms with Gasteiger partial charge < -0.3 is 14.6 Å². The molecule has 0 bridgehead atoms. The summed E-state index contributed by atoms with van der Waals surface area (Å²) in [6.07, 6.45) is -6.26. The van der Waals surface area contributed by atoms with Gasteiger partial charge in [-0.1, -0.05) is 6.92 Å². The van der Waals surface area contributed by atoms with E-state index in [0.717, 1.165) is 7.11 Å². The normalized spacial score (nSPS) is 15.5. The van der Waals surface area contributed by atoms with Crippen molar-refractivity contribution in [1.82, 2.24) is 0 Å². The summed E-state index contributed by atoms with van der Waals surface area (Å²) in [6.45, 7) is 1.56. The highest BCUT2D eigenvalue weighted by Crippen LogP contribution is 2.09. The van der Waals surface area contributed by atoms with Crippen molar-refractivity contribution in [3.63, 3.8) is 0 Å². The summed E-state index contributed by atoms with van der Waals surface area (Å²) in [5.74, 6) is -0.776. The Labute approximate surface area is 74.4 Å². The van der Waals surface area contributed by atoms with Gasteiger partial charge in [0.05, 0.1) is 7.11 Å². The molecule has 13 heavy (non-hydrogen) atoms. The third-order valence-corrected chi connectivity index (χ3v) is 1.35. The zero-order valence-corrected chi connectivity index (χ0v) is 7.37. The molecule has 2 atom stereocenters. The van der Waals surface area contributed by atoms with Gasteiger partial charge in [0.1, 0.15) is 0 Å². The van der Waals surface area contributed by atoms with Crippen LogP contribution < -0.4 is 0 Å². The van der Waals surface area contributed by atoms with Crippen LogP contribution in [0.1, 0.15) is 13.3 Å². The first-order valence-corrected chi connectivity index (χ1v) is 3.72. The minimum Gasteiger partial charge on any atom is -0.467 e. The van der Waals surface area contributed by atoms with E-state index in [1.807, 2.05) is 0 Å². The molecule has 0 aromatic carbocycles. The zero-order chi connectivity index (χ0) is 10.4. The third kappa shape index (κ3) is 4.14. The minimum absolute atomic E-state index is 0.163. The lowest BCUT2D eigenvalue weighted by atomic mass is 10.3. The van der Waals surface area contributed by atoms with Crippen molar-refractivity contribution in [2.75, 3.05) is 7.11 Å². The molecule has 0 saturated carbocycles. The summed E-state index contributed by atoms with van der Waals surface area (Å²) in [6, 6.07) is 0. The molecule has 0 aliphatic heterocycles. The number of aliphatic hydroxyl groups is 1. The lowest BCUT2D eigenvalue weighted by Gasteiger charge is -2.17. The van der Waals surface area contributed by atoms with Crippen molar-refractivity contribution in [3.8, 4) is 0 Å². The third-order valence-electron chi connectivity index (χ3n) is 1.35. The number of carbonyl (C=O) groups excluding carboxylic acids is 1. The monoisotopic (exact) mass is 198 g/mol. The Bertz CT molecular complexity index is 163. The molecular formula is C7H12F2O4. The van der Waals surface area contributed by atoms with Crippen molar-refractivity contribution in [2.24, 2.45) is 0 Å². The van der Waals surface area contributed by atoms with Crippen LogP contribution in [0.4, 0.5) is 8.78 Å². The van der Waals surface area contributed by atoms with Gasteiger partial charge >= 0.3 is 5.97 Å². The number of hydrogen-bond donors (Lipinski definition) is 1. The Morgan fingerprint density at radius 2 is 2.08 bits per heavy atom. The first-order valence-electron chi connectivity index (χ1n) is 3.72. The topological polar surface area (TPSA) is 55.8 Å². The van der Waals surface area contributed by atoms with E-state index in [9.17, 15) is 13.6 Å². The second-order valence-corrected chi connectivity index (χ2v) is 2.28. The molecule has 78 valence electrons. The van der Waals surface area contributed by atoms with Gasteiger partial charge in [0, 0.05) is 0 Å². The molecule has 0 spiro atoms. The number of alkyl halides is 2. The molecule has 1 unspecified atom stereocenters. The summed E-state index contributed by atoms with van der Waals surface area (Å²) in [5, 5.41) is 8.59. The molecule has 6 heteroatoms. The van der Waals surface area contributed by atoms with Gasteiger partial charge in [-0.3, -0.25) is 0 Å². The van der Waals surface area contributed by atoms with Gasteiger partial charge in [0.25, 0.3) is 6.43 Å². The van der Waals surface area contributed by atoms with Crippen LogP contribution in [0.5, 0.6) is 0 Å². The molecule has 4 nitrogen and oxygen atoms in total. The molecule has 0 amide bonds. The molecule has 1 N–H and O–H groups in total. The van der Waals surface area contributed by atoms with Gasteiger partial charge in [-0.15, -0.1) is 0 Å². The number of esters is 1. The molecule has 0 aliphatic rings. The number of ether oxygens (including phenoxy) is 2. The highest BCUT2D eigenvalue weighted by molar-refractivity contribution is 5.74. The Hall–Kier alpha value is -0.750. The predicted octanol–water partition coefficient (Wildman–Crippen LogP) is 0.538. The van der Waals surface area contributed by atoms with Crippen LogP contribution in [0, 0.1) is 0 Å². The van der Waals surface area contributed by atoms with Crippen LogP contribution in [0.2, 0.25) is 0 Å². The van der Waals surface area contributed by atoms with Crippen LogP contribution in [0.3, 0.4) is 0 Å². The second-order valence-electron chi connectivity index (χ2n) is 2.28. The van der Waals surface area contributed by atoms with Gasteiger partial charge in [0.2, 0.25) is 6.29 Å². The number of methoxy groups -OCH3 is 1. The standard InChI is InChI=1S/C7H12F2O4/c1-3-4(6(10)12-2)13-7(11)5(8)9/h4-5,7,11H,3H2,1-2H3/t4?,7-/m0/s1. The summed E-state index contributed by atoms with van der Waals surface area (Å²) >= 11 is 0. The number of aliphatic hydroxyl groups excluding tert-OH is 1. The Kier molecular flexibility index (Phi) is 5.48. The molecule has 0 aliphatic carbocycles. The lowest BCUT2D eigenvalue weighted by molar-refractivity contribution is -0.210. The molecule has 0 radical (unpaired) electrons. The van der Waals surface area contributed by atoms with Gasteiger partial charge in [-0.05, 0) is 6.42 Å². The maximum atomic E-state index is 11.8. The van der Waals surface area contributed by atoms with Gasteiger partial charge in [-0.2, -0.15) is 0 Å². The van der Waals surface area contributed by atoms with Crippen LogP contribution in [-0.4, -0.2) is 37.0 Å². The fraction of sp³-hybridized carbons (Fsp3) is 0.857. The van der Waals surface area contributed by atoms with E-state index in [2.05, 4.69) is 9.47 Å². The average molecular weight is 198 g/mol. The summed E-state index contributed by atoms with van der Waals surface area (Å²) in [7, 11) is 1.11. The molecule has 0 saturated heterocycles. The summed E-state index contributed by atoms with van der Waals surface area (Å²) in [5.41, 5.74) is 0. The van der Waals surface area contributed by atoms with E-state index in [0.29, 0.717) is 0 Å². The maximum Gasteiger partial charge on any atom is 0.335 e. The van der Waals surface area contributed by atoms with E-state index in [1.54, 1.807) is 6.92 Å². The number of rotatable bonds is 5. The van der Waals surface area contributed by atoms with Crippen LogP contribution in [0.15, 0.2) is 0 Å². The van der Waals surface area contributed by atoms with E-state index in [-0.39, 0.29) is 6.42 Å². The number of halogens is 2. The van der Waals surface area contributed by atoms with E-state index in [4.69, 9.17) is 5.11 Å². The Balaban J connectivity index is 4.05. The van der Waals surface area contributed by atoms with Gasteiger partial charge in [0.15, 0.2) is 6.10 Å². The van der Waals surface area contributed by atoms with Crippen molar-refractivity contribution < 1.29 is 28.2 Å². The number of carbonyl (C=O) groups is 1. The Morgan fingerprint density at radius 3 is 2.38 bits per heavy atom. The summed E-state index contributed by atoms with van der Waals surface area (Å²) < 4.78 is 32.1. The maximum absolute atomic E-state index is 11.8. The SMILES string of the molecule is CCC(O[C@H](O)C(F)F)C(=O)OC. The van der Waals surface area contributed by atoms with Crippen LogP contribution in [-0.2, 0) is 14.3 Å². The molecule has 0 rings (SSSR count). The summed E-state index contributed by atoms with van der Waals surface area (Å²) in [4.78, 5) is 10.8. The van der Waals surface area contributed by atoms with Crippen molar-refractivity contribution in [3.05, 3.63) is 0 Å². The highest BCUT2D eigenvalue weighted by atomic mass is 19.3. The minimum atomic E-state index is -3.03. The molecular weight excluding hydrogens is 186 g/mol. The predicted molar refractivity (Wildman–Crippen MR) is 39.2 cm³/mol. The fourth-order valence-electron chi connectivity index (χ4n) is 0.678. The van der Waals surface area contributed by atoms with Crippen LogP contribution >= 0.6 is 0 Å². The highest BCUT2D eigenvalue weighted by Gasteiger charge is 2.26. The average Bonchev–Trinajstić information content (AvgIpc) is 2.12. The second kappa shape index (κ2) is 5.82. The van der Waals surface area contributed by atoms with E-state index >= 15 is 0 Å². The lowest BCUT2D eigenvalue weighted by Crippen LogP contribution is -2.33. The van der Waals surface area contributed by atoms with Crippen molar-refractivity contribution in [1.29, 1.82) is 0 Å². The first-order chi connectivity index (χ1) is 6.02. The van der Waals surface area contributed by atoms with E-state index < -0.39 is 24.8 Å². The zero-order valence-electron chi connectivity index (χ0n) is 7.37. The quantitative estimate of drug-likeness (QED) is 0.517. The first kappa shape index (κ1) is 12.2. The molecule has 0 aromatic heterocycles. The smallest absolute Gasteiger partial charge is 0.335 e. The van der Waals surface area contributed by atoms with Crippen LogP contribution in [0.25, 0.3) is 0 Å².